The van der Waals surface area contributed by atoms with Gasteiger partial charge in [0.2, 0.25) is 0 Å². The highest BCUT2D eigenvalue weighted by molar-refractivity contribution is 6.67. The second kappa shape index (κ2) is 5.51. The molecule has 16 heavy (non-hydrogen) atoms. The fourth-order valence-corrected chi connectivity index (χ4v) is 1.19. The van der Waals surface area contributed by atoms with Gasteiger partial charge in [-0.05, 0) is 29.8 Å². The van der Waals surface area contributed by atoms with Gasteiger partial charge in [-0.2, -0.15) is 0 Å². The Labute approximate surface area is 98.1 Å². The van der Waals surface area contributed by atoms with Crippen molar-refractivity contribution >= 4 is 22.8 Å². The van der Waals surface area contributed by atoms with Crippen LogP contribution in [0.5, 0.6) is 11.5 Å². The van der Waals surface area contributed by atoms with Crippen LogP contribution in [0.1, 0.15) is 23.7 Å². The molecule has 0 atom stereocenters. The third-order valence-electron chi connectivity index (χ3n) is 1.90. The molecule has 0 aliphatic rings. The lowest BCUT2D eigenvalue weighted by atomic mass is 10.2. The first-order valence-electron chi connectivity index (χ1n) is 4.67. The molecule has 0 bridgehead atoms. The smallest absolute Gasteiger partial charge is 0.311 e. The summed E-state index contributed by atoms with van der Waals surface area (Å²) in [7, 11) is 1.42. The first-order chi connectivity index (χ1) is 7.58. The highest BCUT2D eigenvalue weighted by Crippen LogP contribution is 2.28. The number of carbonyl (C=O) groups excluding carboxylic acids is 2. The number of methoxy groups -OCH3 is 1. The molecule has 1 rings (SSSR count). The highest BCUT2D eigenvalue weighted by atomic mass is 35.5. The monoisotopic (exact) mass is 242 g/mol. The molecule has 1 aromatic rings. The van der Waals surface area contributed by atoms with E-state index in [1.165, 1.54) is 25.3 Å². The lowest BCUT2D eigenvalue weighted by Gasteiger charge is -2.08. The van der Waals surface area contributed by atoms with Gasteiger partial charge in [-0.3, -0.25) is 9.59 Å². The fourth-order valence-electron chi connectivity index (χ4n) is 1.07. The van der Waals surface area contributed by atoms with Gasteiger partial charge in [0.1, 0.15) is 0 Å². The molecule has 0 saturated carbocycles. The van der Waals surface area contributed by atoms with E-state index in [4.69, 9.17) is 21.1 Å². The molecule has 0 aliphatic carbocycles. The van der Waals surface area contributed by atoms with Gasteiger partial charge in [0.15, 0.2) is 11.5 Å². The number of hydrogen-bond donors (Lipinski definition) is 0. The van der Waals surface area contributed by atoms with Gasteiger partial charge >= 0.3 is 5.97 Å². The predicted molar refractivity (Wildman–Crippen MR) is 59.1 cm³/mol. The summed E-state index contributed by atoms with van der Waals surface area (Å²) in [4.78, 5) is 22.0. The number of esters is 1. The van der Waals surface area contributed by atoms with Crippen LogP contribution in [-0.2, 0) is 4.79 Å². The van der Waals surface area contributed by atoms with Crippen molar-refractivity contribution in [3.63, 3.8) is 0 Å². The molecule has 0 aromatic heterocycles. The third kappa shape index (κ3) is 2.97. The summed E-state index contributed by atoms with van der Waals surface area (Å²) >= 11 is 5.32. The number of hydrogen-bond acceptors (Lipinski definition) is 4. The molecule has 0 fully saturated rings. The Bertz CT molecular complexity index is 414. The summed E-state index contributed by atoms with van der Waals surface area (Å²) in [5.41, 5.74) is 0.287. The Hall–Kier alpha value is -1.55. The zero-order valence-electron chi connectivity index (χ0n) is 8.95. The minimum absolute atomic E-state index is 0.263. The van der Waals surface area contributed by atoms with E-state index in [1.54, 1.807) is 6.92 Å². The predicted octanol–water partition coefficient (Wildman–Crippen LogP) is 2.39. The van der Waals surface area contributed by atoms with Crippen LogP contribution in [0.4, 0.5) is 0 Å². The molecule has 4 nitrogen and oxygen atoms in total. The summed E-state index contributed by atoms with van der Waals surface area (Å²) in [5.74, 6) is 0.201. The van der Waals surface area contributed by atoms with Crippen LogP contribution in [-0.4, -0.2) is 18.3 Å². The van der Waals surface area contributed by atoms with Gasteiger partial charge in [-0.15, -0.1) is 0 Å². The van der Waals surface area contributed by atoms with E-state index in [0.717, 1.165) is 0 Å². The molecule has 0 amide bonds. The van der Waals surface area contributed by atoms with Crippen molar-refractivity contribution in [3.05, 3.63) is 23.8 Å². The first kappa shape index (κ1) is 12.5. The van der Waals surface area contributed by atoms with E-state index >= 15 is 0 Å². The average Bonchev–Trinajstić information content (AvgIpc) is 2.29. The van der Waals surface area contributed by atoms with Gasteiger partial charge in [-0.1, -0.05) is 6.92 Å². The molecule has 0 spiro atoms. The van der Waals surface area contributed by atoms with E-state index < -0.39 is 5.24 Å². The SMILES string of the molecule is CCC(=O)Oc1ccc(C(=O)Cl)cc1OC. The van der Waals surface area contributed by atoms with Crippen LogP contribution < -0.4 is 9.47 Å². The Morgan fingerprint density at radius 1 is 1.31 bits per heavy atom. The molecule has 0 saturated heterocycles. The average molecular weight is 243 g/mol. The Morgan fingerprint density at radius 3 is 2.50 bits per heavy atom. The van der Waals surface area contributed by atoms with Crippen molar-refractivity contribution < 1.29 is 19.1 Å². The standard InChI is InChI=1S/C11H11ClO4/c1-3-10(13)16-8-5-4-7(11(12)14)6-9(8)15-2/h4-6H,3H2,1-2H3. The van der Waals surface area contributed by atoms with Crippen molar-refractivity contribution in [2.24, 2.45) is 0 Å². The van der Waals surface area contributed by atoms with Gasteiger partial charge in [0.25, 0.3) is 5.24 Å². The molecule has 1 aromatic carbocycles. The summed E-state index contributed by atoms with van der Waals surface area (Å²) in [5, 5.41) is -0.591. The van der Waals surface area contributed by atoms with Crippen molar-refractivity contribution in [1.29, 1.82) is 0 Å². The van der Waals surface area contributed by atoms with Crippen molar-refractivity contribution in [2.45, 2.75) is 13.3 Å². The Balaban J connectivity index is 3.02. The second-order valence-corrected chi connectivity index (χ2v) is 3.31. The van der Waals surface area contributed by atoms with Crippen molar-refractivity contribution in [3.8, 4) is 11.5 Å². The summed E-state index contributed by atoms with van der Waals surface area (Å²) in [6.45, 7) is 1.69. The normalized spacial score (nSPS) is 9.69. The van der Waals surface area contributed by atoms with Gasteiger partial charge < -0.3 is 9.47 Å². The lowest BCUT2D eigenvalue weighted by Crippen LogP contribution is -2.07. The van der Waals surface area contributed by atoms with Crippen LogP contribution in [0.25, 0.3) is 0 Å². The number of rotatable bonds is 4. The zero-order valence-corrected chi connectivity index (χ0v) is 9.71. The van der Waals surface area contributed by atoms with Crippen LogP contribution in [0.15, 0.2) is 18.2 Å². The number of benzene rings is 1. The maximum absolute atomic E-state index is 11.1. The van der Waals surface area contributed by atoms with Gasteiger partial charge in [0, 0.05) is 12.0 Å². The molecule has 0 unspecified atom stereocenters. The number of ether oxygens (including phenoxy) is 2. The van der Waals surface area contributed by atoms with E-state index in [1.807, 2.05) is 0 Å². The van der Waals surface area contributed by atoms with Crippen LogP contribution in [0.2, 0.25) is 0 Å². The van der Waals surface area contributed by atoms with Crippen LogP contribution >= 0.6 is 11.6 Å². The maximum atomic E-state index is 11.1. The van der Waals surface area contributed by atoms with Crippen molar-refractivity contribution in [2.75, 3.05) is 7.11 Å². The molecule has 0 radical (unpaired) electrons. The minimum Gasteiger partial charge on any atom is -0.493 e. The highest BCUT2D eigenvalue weighted by Gasteiger charge is 2.11. The van der Waals surface area contributed by atoms with E-state index in [-0.39, 0.29) is 23.7 Å². The molecule has 0 aliphatic heterocycles. The lowest BCUT2D eigenvalue weighted by molar-refractivity contribution is -0.134. The maximum Gasteiger partial charge on any atom is 0.311 e. The van der Waals surface area contributed by atoms with E-state index in [9.17, 15) is 9.59 Å². The van der Waals surface area contributed by atoms with Crippen LogP contribution in [0, 0.1) is 0 Å². The first-order valence-corrected chi connectivity index (χ1v) is 5.04. The summed E-state index contributed by atoms with van der Waals surface area (Å²) in [6, 6.07) is 4.37. The molecular formula is C11H11ClO4. The number of carbonyl (C=O) groups is 2. The number of halogens is 1. The largest absolute Gasteiger partial charge is 0.493 e. The third-order valence-corrected chi connectivity index (χ3v) is 2.12. The summed E-state index contributed by atoms with van der Waals surface area (Å²) < 4.78 is 10.00. The second-order valence-electron chi connectivity index (χ2n) is 2.97. The molecular weight excluding hydrogens is 232 g/mol. The van der Waals surface area contributed by atoms with Crippen molar-refractivity contribution in [1.82, 2.24) is 0 Å². The van der Waals surface area contributed by atoms with Crippen LogP contribution in [0.3, 0.4) is 0 Å². The molecule has 0 N–H and O–H groups in total. The zero-order chi connectivity index (χ0) is 12.1. The van der Waals surface area contributed by atoms with Gasteiger partial charge in [0.05, 0.1) is 7.11 Å². The Kier molecular flexibility index (Phi) is 4.31. The molecule has 86 valence electrons. The van der Waals surface area contributed by atoms with E-state index in [2.05, 4.69) is 0 Å². The minimum atomic E-state index is -0.591. The van der Waals surface area contributed by atoms with E-state index in [0.29, 0.717) is 5.75 Å². The fraction of sp³-hybridized carbons (Fsp3) is 0.273. The van der Waals surface area contributed by atoms with Gasteiger partial charge in [-0.25, -0.2) is 0 Å². The molecule has 5 heteroatoms. The quantitative estimate of drug-likeness (QED) is 0.462. The molecule has 0 heterocycles. The Morgan fingerprint density at radius 2 is 2.00 bits per heavy atom. The summed E-state index contributed by atoms with van der Waals surface area (Å²) in [6.07, 6.45) is 0.263. The topological polar surface area (TPSA) is 52.6 Å².